The van der Waals surface area contributed by atoms with Crippen LogP contribution in [0.4, 0.5) is 11.8 Å². The number of amides is 1. The first kappa shape index (κ1) is 17.6. The lowest BCUT2D eigenvalue weighted by molar-refractivity contribution is 0.0740. The number of carbonyl (C=O) groups excluding carboxylic acids is 1. The Hall–Kier alpha value is -2.77. The van der Waals surface area contributed by atoms with E-state index in [-0.39, 0.29) is 5.91 Å². The maximum absolute atomic E-state index is 12.9. The molecule has 2 aromatic heterocycles. The normalized spacial score (nSPS) is 18.6. The largest absolute Gasteiger partial charge is 0.356 e. The number of aromatic nitrogens is 4. The van der Waals surface area contributed by atoms with Crippen molar-refractivity contribution < 1.29 is 4.79 Å². The maximum Gasteiger partial charge on any atom is 0.272 e. The fourth-order valence-corrected chi connectivity index (χ4v) is 3.60. The zero-order valence-corrected chi connectivity index (χ0v) is 15.7. The van der Waals surface area contributed by atoms with Crippen molar-refractivity contribution in [3.8, 4) is 0 Å². The van der Waals surface area contributed by atoms with Crippen LogP contribution in [0.5, 0.6) is 0 Å². The third-order valence-corrected chi connectivity index (χ3v) is 5.38. The van der Waals surface area contributed by atoms with Crippen LogP contribution in [0.1, 0.15) is 30.3 Å². The highest BCUT2D eigenvalue weighted by atomic mass is 16.2. The van der Waals surface area contributed by atoms with Crippen LogP contribution in [-0.2, 0) is 0 Å². The number of carbonyl (C=O) groups is 1. The third-order valence-electron chi connectivity index (χ3n) is 5.38. The minimum absolute atomic E-state index is 0.0299. The fraction of sp³-hybridized carbons (Fsp3) is 0.526. The minimum Gasteiger partial charge on any atom is -0.356 e. The van der Waals surface area contributed by atoms with E-state index in [2.05, 4.69) is 36.7 Å². The summed E-state index contributed by atoms with van der Waals surface area (Å²) in [6.45, 7) is 6.97. The summed E-state index contributed by atoms with van der Waals surface area (Å²) in [6, 6.07) is 3.64. The Morgan fingerprint density at radius 2 is 1.63 bits per heavy atom. The Balaban J connectivity index is 1.39. The zero-order valence-electron chi connectivity index (χ0n) is 15.7. The van der Waals surface area contributed by atoms with Crippen molar-refractivity contribution in [2.75, 3.05) is 49.1 Å². The summed E-state index contributed by atoms with van der Waals surface area (Å²) < 4.78 is 0. The molecule has 2 aliphatic rings. The average Bonchev–Trinajstić information content (AvgIpc) is 2.75. The van der Waals surface area contributed by atoms with E-state index in [1.54, 1.807) is 18.5 Å². The molecule has 2 aromatic rings. The van der Waals surface area contributed by atoms with Crippen LogP contribution in [0.25, 0.3) is 0 Å². The van der Waals surface area contributed by atoms with Crippen LogP contribution in [0.15, 0.2) is 30.9 Å². The molecule has 2 fully saturated rings. The predicted molar refractivity (Wildman–Crippen MR) is 103 cm³/mol. The van der Waals surface area contributed by atoms with Gasteiger partial charge >= 0.3 is 0 Å². The second-order valence-electron chi connectivity index (χ2n) is 7.26. The molecule has 0 radical (unpaired) electrons. The highest BCUT2D eigenvalue weighted by Crippen LogP contribution is 2.22. The zero-order chi connectivity index (χ0) is 18.6. The third kappa shape index (κ3) is 3.99. The number of piperazine rings is 1. The van der Waals surface area contributed by atoms with E-state index in [1.807, 2.05) is 11.0 Å². The lowest BCUT2D eigenvalue weighted by Gasteiger charge is -2.34. The summed E-state index contributed by atoms with van der Waals surface area (Å²) in [5.41, 5.74) is 0.475. The Morgan fingerprint density at radius 3 is 2.33 bits per heavy atom. The molecule has 4 rings (SSSR count). The molecular formula is C19H25N7O. The van der Waals surface area contributed by atoms with Gasteiger partial charge in [-0.1, -0.05) is 6.92 Å². The molecule has 0 atom stereocenters. The van der Waals surface area contributed by atoms with Gasteiger partial charge in [0.2, 0.25) is 5.95 Å². The lowest BCUT2D eigenvalue weighted by Crippen LogP contribution is -2.49. The van der Waals surface area contributed by atoms with Gasteiger partial charge in [-0.15, -0.1) is 0 Å². The van der Waals surface area contributed by atoms with Gasteiger partial charge < -0.3 is 14.7 Å². The van der Waals surface area contributed by atoms with E-state index in [9.17, 15) is 4.79 Å². The second kappa shape index (κ2) is 7.85. The van der Waals surface area contributed by atoms with Crippen molar-refractivity contribution in [1.29, 1.82) is 0 Å². The lowest BCUT2D eigenvalue weighted by atomic mass is 9.99. The van der Waals surface area contributed by atoms with Crippen molar-refractivity contribution in [3.05, 3.63) is 36.5 Å². The van der Waals surface area contributed by atoms with Crippen LogP contribution in [0, 0.1) is 5.92 Å². The standard InChI is InChI=1S/C19H25N7O/c1-15-3-7-24(8-4-15)17-13-16(22-14-23-17)18(27)25-9-11-26(12-10-25)19-20-5-2-6-21-19/h2,5-6,13-15H,3-4,7-12H2,1H3. The van der Waals surface area contributed by atoms with Gasteiger partial charge in [0.05, 0.1) is 0 Å². The van der Waals surface area contributed by atoms with Crippen molar-refractivity contribution in [3.63, 3.8) is 0 Å². The first-order valence-electron chi connectivity index (χ1n) is 9.59. The van der Waals surface area contributed by atoms with E-state index in [4.69, 9.17) is 0 Å². The highest BCUT2D eigenvalue weighted by molar-refractivity contribution is 5.93. The molecule has 2 aliphatic heterocycles. The number of hydrogen-bond donors (Lipinski definition) is 0. The number of piperidine rings is 1. The van der Waals surface area contributed by atoms with Gasteiger partial charge in [0, 0.05) is 57.7 Å². The van der Waals surface area contributed by atoms with Crippen molar-refractivity contribution >= 4 is 17.7 Å². The van der Waals surface area contributed by atoms with Gasteiger partial charge in [0.15, 0.2) is 0 Å². The van der Waals surface area contributed by atoms with Gasteiger partial charge in [-0.3, -0.25) is 4.79 Å². The predicted octanol–water partition coefficient (Wildman–Crippen LogP) is 1.47. The Kier molecular flexibility index (Phi) is 5.13. The summed E-state index contributed by atoms with van der Waals surface area (Å²) in [6.07, 6.45) is 7.31. The minimum atomic E-state index is -0.0299. The average molecular weight is 367 g/mol. The van der Waals surface area contributed by atoms with Crippen LogP contribution in [0.2, 0.25) is 0 Å². The smallest absolute Gasteiger partial charge is 0.272 e. The van der Waals surface area contributed by atoms with E-state index >= 15 is 0 Å². The van der Waals surface area contributed by atoms with E-state index < -0.39 is 0 Å². The Bertz CT molecular complexity index is 769. The van der Waals surface area contributed by atoms with E-state index in [1.165, 1.54) is 6.33 Å². The van der Waals surface area contributed by atoms with E-state index in [0.29, 0.717) is 24.7 Å². The molecule has 0 aromatic carbocycles. The summed E-state index contributed by atoms with van der Waals surface area (Å²) in [7, 11) is 0. The quantitative estimate of drug-likeness (QED) is 0.813. The summed E-state index contributed by atoms with van der Waals surface area (Å²) in [5, 5.41) is 0. The van der Waals surface area contributed by atoms with Crippen molar-refractivity contribution in [1.82, 2.24) is 24.8 Å². The molecule has 0 aliphatic carbocycles. The van der Waals surface area contributed by atoms with Gasteiger partial charge in [-0.2, -0.15) is 0 Å². The molecule has 8 nitrogen and oxygen atoms in total. The van der Waals surface area contributed by atoms with Crippen LogP contribution in [-0.4, -0.2) is 70.0 Å². The number of hydrogen-bond acceptors (Lipinski definition) is 7. The number of nitrogens with zero attached hydrogens (tertiary/aromatic N) is 7. The molecular weight excluding hydrogens is 342 g/mol. The summed E-state index contributed by atoms with van der Waals surface area (Å²) >= 11 is 0. The second-order valence-corrected chi connectivity index (χ2v) is 7.26. The van der Waals surface area contributed by atoms with Gasteiger partial charge in [0.1, 0.15) is 17.8 Å². The molecule has 4 heterocycles. The highest BCUT2D eigenvalue weighted by Gasteiger charge is 2.25. The van der Waals surface area contributed by atoms with Crippen LogP contribution in [0.3, 0.4) is 0 Å². The number of rotatable bonds is 3. The maximum atomic E-state index is 12.9. The van der Waals surface area contributed by atoms with Gasteiger partial charge in [-0.25, -0.2) is 19.9 Å². The monoisotopic (exact) mass is 367 g/mol. The molecule has 8 heteroatoms. The van der Waals surface area contributed by atoms with Gasteiger partial charge in [0.25, 0.3) is 5.91 Å². The van der Waals surface area contributed by atoms with Gasteiger partial charge in [-0.05, 0) is 24.8 Å². The molecule has 0 saturated carbocycles. The molecule has 142 valence electrons. The van der Waals surface area contributed by atoms with Crippen LogP contribution >= 0.6 is 0 Å². The topological polar surface area (TPSA) is 78.4 Å². The first-order valence-corrected chi connectivity index (χ1v) is 9.59. The Labute approximate surface area is 159 Å². The van der Waals surface area contributed by atoms with Crippen molar-refractivity contribution in [2.24, 2.45) is 5.92 Å². The molecule has 0 bridgehead atoms. The fourth-order valence-electron chi connectivity index (χ4n) is 3.60. The molecule has 0 N–H and O–H groups in total. The molecule has 27 heavy (non-hydrogen) atoms. The van der Waals surface area contributed by atoms with Crippen LogP contribution < -0.4 is 9.80 Å². The SMILES string of the molecule is CC1CCN(c2cc(C(=O)N3CCN(c4ncccn4)CC3)ncn2)CC1. The molecule has 0 unspecified atom stereocenters. The van der Waals surface area contributed by atoms with E-state index in [0.717, 1.165) is 50.8 Å². The summed E-state index contributed by atoms with van der Waals surface area (Å²) in [5.74, 6) is 2.30. The Morgan fingerprint density at radius 1 is 0.926 bits per heavy atom. The number of anilines is 2. The first-order chi connectivity index (χ1) is 13.2. The molecule has 1 amide bonds. The molecule has 2 saturated heterocycles. The van der Waals surface area contributed by atoms with Crippen molar-refractivity contribution in [2.45, 2.75) is 19.8 Å². The summed E-state index contributed by atoms with van der Waals surface area (Å²) in [4.78, 5) is 36.3. The molecule has 0 spiro atoms.